The lowest BCUT2D eigenvalue weighted by Gasteiger charge is -2.22. The Kier molecular flexibility index (Phi) is 5.49. The highest BCUT2D eigenvalue weighted by Gasteiger charge is 2.55. The molecule has 2 aliphatic heterocycles. The van der Waals surface area contributed by atoms with Crippen molar-refractivity contribution in [3.63, 3.8) is 0 Å². The van der Waals surface area contributed by atoms with Gasteiger partial charge in [-0.3, -0.25) is 14.5 Å². The van der Waals surface area contributed by atoms with Gasteiger partial charge in [-0.2, -0.15) is 0 Å². The molecule has 0 unspecified atom stereocenters. The van der Waals surface area contributed by atoms with Gasteiger partial charge in [-0.05, 0) is 36.2 Å². The quantitative estimate of drug-likeness (QED) is 0.718. The maximum absolute atomic E-state index is 13.2. The Morgan fingerprint density at radius 2 is 1.74 bits per heavy atom. The first-order valence-electron chi connectivity index (χ1n) is 9.76. The summed E-state index contributed by atoms with van der Waals surface area (Å²) in [6.07, 6.45) is 0.349. The number of imide groups is 1. The van der Waals surface area contributed by atoms with Crippen LogP contribution < -0.4 is 14.8 Å². The Morgan fingerprint density at radius 3 is 2.35 bits per heavy atom. The predicted molar refractivity (Wildman–Crippen MR) is 113 cm³/mol. The van der Waals surface area contributed by atoms with Crippen LogP contribution in [0.1, 0.15) is 22.3 Å². The van der Waals surface area contributed by atoms with Crippen molar-refractivity contribution >= 4 is 29.4 Å². The van der Waals surface area contributed by atoms with Crippen molar-refractivity contribution in [3.05, 3.63) is 58.6 Å². The number of halogens is 1. The molecule has 2 aliphatic rings. The zero-order valence-corrected chi connectivity index (χ0v) is 17.9. The van der Waals surface area contributed by atoms with Gasteiger partial charge in [0.15, 0.2) is 0 Å². The minimum Gasteiger partial charge on any atom is -0.497 e. The van der Waals surface area contributed by atoms with Crippen LogP contribution in [-0.2, 0) is 11.3 Å². The molecule has 2 heterocycles. The number of methoxy groups -OCH3 is 2. The third kappa shape index (κ3) is 3.90. The number of amides is 4. The van der Waals surface area contributed by atoms with Crippen LogP contribution in [-0.4, -0.2) is 60.5 Å². The van der Waals surface area contributed by atoms with Crippen LogP contribution in [0.3, 0.4) is 0 Å². The van der Waals surface area contributed by atoms with Crippen molar-refractivity contribution in [1.82, 2.24) is 15.1 Å². The third-order valence-electron chi connectivity index (χ3n) is 5.65. The van der Waals surface area contributed by atoms with E-state index in [1.807, 2.05) is 0 Å². The maximum Gasteiger partial charge on any atom is 0.325 e. The Labute approximate surface area is 184 Å². The summed E-state index contributed by atoms with van der Waals surface area (Å²) in [5.74, 6) is 0.408. The minimum atomic E-state index is -1.11. The normalized spacial score (nSPS) is 20.4. The summed E-state index contributed by atoms with van der Waals surface area (Å²) in [5.41, 5.74) is 0.0738. The number of ether oxygens (including phenoxy) is 2. The number of nitrogens with zero attached hydrogens (tertiary/aromatic N) is 2. The molecule has 2 fully saturated rings. The zero-order valence-electron chi connectivity index (χ0n) is 17.2. The molecule has 0 bridgehead atoms. The van der Waals surface area contributed by atoms with Crippen LogP contribution in [0.15, 0.2) is 42.5 Å². The first-order valence-corrected chi connectivity index (χ1v) is 10.1. The predicted octanol–water partition coefficient (Wildman–Crippen LogP) is 2.69. The largest absolute Gasteiger partial charge is 0.497 e. The standard InChI is InChI=1S/C22H22ClN3O5/c1-30-17-9-15(10-18(11-17)31-2)19(27)25-8-7-22(13-25)20(28)26(21(29)24-22)12-14-3-5-16(23)6-4-14/h3-6,9-11H,7-8,12-13H2,1-2H3,(H,24,29)/t22-/m0/s1. The number of hydrogen-bond acceptors (Lipinski definition) is 5. The van der Waals surface area contributed by atoms with E-state index in [0.29, 0.717) is 35.1 Å². The SMILES string of the molecule is COc1cc(OC)cc(C(=O)N2CC[C@@]3(C2)NC(=O)N(Cc2ccc(Cl)cc2)C3=O)c1. The van der Waals surface area contributed by atoms with Crippen LogP contribution >= 0.6 is 11.6 Å². The summed E-state index contributed by atoms with van der Waals surface area (Å²) in [6.45, 7) is 0.594. The highest BCUT2D eigenvalue weighted by Crippen LogP contribution is 2.32. The molecule has 4 rings (SSSR count). The van der Waals surface area contributed by atoms with Gasteiger partial charge in [0.1, 0.15) is 17.0 Å². The molecule has 0 radical (unpaired) electrons. The molecular weight excluding hydrogens is 422 g/mol. The summed E-state index contributed by atoms with van der Waals surface area (Å²) in [7, 11) is 3.02. The zero-order chi connectivity index (χ0) is 22.2. The van der Waals surface area contributed by atoms with Crippen LogP contribution in [0.25, 0.3) is 0 Å². The summed E-state index contributed by atoms with van der Waals surface area (Å²) < 4.78 is 10.5. The molecule has 1 atom stereocenters. The summed E-state index contributed by atoms with van der Waals surface area (Å²) in [4.78, 5) is 41.6. The second-order valence-corrected chi connectivity index (χ2v) is 8.04. The van der Waals surface area contributed by atoms with Gasteiger partial charge in [-0.15, -0.1) is 0 Å². The number of likely N-dealkylation sites (tertiary alicyclic amines) is 1. The van der Waals surface area contributed by atoms with Crippen molar-refractivity contribution < 1.29 is 23.9 Å². The van der Waals surface area contributed by atoms with E-state index in [4.69, 9.17) is 21.1 Å². The Bertz CT molecular complexity index is 1020. The smallest absolute Gasteiger partial charge is 0.325 e. The van der Waals surface area contributed by atoms with Gasteiger partial charge >= 0.3 is 6.03 Å². The second-order valence-electron chi connectivity index (χ2n) is 7.61. The van der Waals surface area contributed by atoms with Crippen LogP contribution in [0, 0.1) is 0 Å². The van der Waals surface area contributed by atoms with E-state index in [1.54, 1.807) is 47.4 Å². The number of nitrogens with one attached hydrogen (secondary N) is 1. The molecule has 2 saturated heterocycles. The van der Waals surface area contributed by atoms with Crippen LogP contribution in [0.2, 0.25) is 5.02 Å². The van der Waals surface area contributed by atoms with Crippen LogP contribution in [0.5, 0.6) is 11.5 Å². The summed E-state index contributed by atoms with van der Waals surface area (Å²) in [6, 6.07) is 11.4. The lowest BCUT2D eigenvalue weighted by atomic mass is 9.99. The van der Waals surface area contributed by atoms with Gasteiger partial charge in [0.05, 0.1) is 27.3 Å². The Morgan fingerprint density at radius 1 is 1.10 bits per heavy atom. The number of rotatable bonds is 5. The van der Waals surface area contributed by atoms with Gasteiger partial charge < -0.3 is 19.7 Å². The van der Waals surface area contributed by atoms with E-state index in [0.717, 1.165) is 5.56 Å². The minimum absolute atomic E-state index is 0.104. The molecule has 31 heavy (non-hydrogen) atoms. The van der Waals surface area contributed by atoms with E-state index in [2.05, 4.69) is 5.32 Å². The average Bonchev–Trinajstić information content (AvgIpc) is 3.30. The molecule has 1 spiro atoms. The molecule has 2 aromatic rings. The van der Waals surface area contributed by atoms with Gasteiger partial charge in [-0.25, -0.2) is 4.79 Å². The van der Waals surface area contributed by atoms with Crippen molar-refractivity contribution in [2.45, 2.75) is 18.5 Å². The van der Waals surface area contributed by atoms with Gasteiger partial charge in [-0.1, -0.05) is 23.7 Å². The third-order valence-corrected chi connectivity index (χ3v) is 5.91. The monoisotopic (exact) mass is 443 g/mol. The van der Waals surface area contributed by atoms with E-state index >= 15 is 0 Å². The van der Waals surface area contributed by atoms with Crippen molar-refractivity contribution in [1.29, 1.82) is 0 Å². The first-order chi connectivity index (χ1) is 14.8. The maximum atomic E-state index is 13.2. The fourth-order valence-corrected chi connectivity index (χ4v) is 4.09. The highest BCUT2D eigenvalue weighted by atomic mass is 35.5. The van der Waals surface area contributed by atoms with Crippen molar-refractivity contribution in [2.75, 3.05) is 27.3 Å². The molecule has 2 aromatic carbocycles. The number of benzene rings is 2. The molecule has 1 N–H and O–H groups in total. The fraction of sp³-hybridized carbons (Fsp3) is 0.318. The second kappa shape index (κ2) is 8.11. The lowest BCUT2D eigenvalue weighted by molar-refractivity contribution is -0.131. The van der Waals surface area contributed by atoms with E-state index in [9.17, 15) is 14.4 Å². The molecule has 0 aliphatic carbocycles. The van der Waals surface area contributed by atoms with Crippen LogP contribution in [0.4, 0.5) is 4.79 Å². The van der Waals surface area contributed by atoms with E-state index < -0.39 is 11.6 Å². The number of urea groups is 1. The average molecular weight is 444 g/mol. The topological polar surface area (TPSA) is 88.2 Å². The molecule has 162 valence electrons. The first kappa shape index (κ1) is 21.0. The summed E-state index contributed by atoms with van der Waals surface area (Å²) >= 11 is 5.91. The molecule has 8 nitrogen and oxygen atoms in total. The molecular formula is C22H22ClN3O5. The van der Waals surface area contributed by atoms with Crippen molar-refractivity contribution in [2.24, 2.45) is 0 Å². The Hall–Kier alpha value is -3.26. The fourth-order valence-electron chi connectivity index (χ4n) is 3.97. The Balaban J connectivity index is 1.51. The van der Waals surface area contributed by atoms with Crippen molar-refractivity contribution in [3.8, 4) is 11.5 Å². The summed E-state index contributed by atoms with van der Waals surface area (Å²) in [5, 5.41) is 3.39. The number of carbonyl (C=O) groups excluding carboxylic acids is 3. The molecule has 9 heteroatoms. The highest BCUT2D eigenvalue weighted by molar-refractivity contribution is 6.30. The number of carbonyl (C=O) groups is 3. The lowest BCUT2D eigenvalue weighted by Crippen LogP contribution is -2.49. The molecule has 0 aromatic heterocycles. The van der Waals surface area contributed by atoms with E-state index in [1.165, 1.54) is 19.1 Å². The van der Waals surface area contributed by atoms with Gasteiger partial charge in [0.2, 0.25) is 0 Å². The van der Waals surface area contributed by atoms with Gasteiger partial charge in [0.25, 0.3) is 11.8 Å². The molecule has 4 amide bonds. The van der Waals surface area contributed by atoms with E-state index in [-0.39, 0.29) is 24.9 Å². The molecule has 0 saturated carbocycles. The number of hydrogen-bond donors (Lipinski definition) is 1. The van der Waals surface area contributed by atoms with Gasteiger partial charge in [0, 0.05) is 23.2 Å².